The Morgan fingerprint density at radius 1 is 1.24 bits per heavy atom. The summed E-state index contributed by atoms with van der Waals surface area (Å²) in [4.78, 5) is 34.3. The fraction of sp³-hybridized carbons (Fsp3) is 0.259. The highest BCUT2D eigenvalue weighted by molar-refractivity contribution is 7.16. The minimum absolute atomic E-state index is 0.187. The number of fused-ring (bicyclic) bond motifs is 1. The topological polar surface area (TPSA) is 112 Å². The van der Waals surface area contributed by atoms with Gasteiger partial charge in [-0.3, -0.25) is 14.3 Å². The van der Waals surface area contributed by atoms with Crippen LogP contribution in [0, 0.1) is 6.92 Å². The third kappa shape index (κ3) is 5.02. The number of hydrogen-bond donors (Lipinski definition) is 3. The quantitative estimate of drug-likeness (QED) is 0.299. The van der Waals surface area contributed by atoms with Crippen LogP contribution in [0.3, 0.4) is 0 Å². The molecule has 2 amide bonds. The molecule has 1 aliphatic rings. The van der Waals surface area contributed by atoms with Crippen molar-refractivity contribution in [2.24, 2.45) is 7.05 Å². The van der Waals surface area contributed by atoms with Crippen LogP contribution in [0.15, 0.2) is 54.9 Å². The fourth-order valence-corrected chi connectivity index (χ4v) is 5.86. The highest BCUT2D eigenvalue weighted by Gasteiger charge is 2.36. The standard InChI is InChI=1S/C27H27ClN6O3S/c1-15-12-29-24(32-25-7-8-30-33(25)3)11-19(15)22-10-20-23(38-22)13-34(27(20)37)16(2)26(36)31-21(14-35)17-5-4-6-18(28)9-17/h4-12,16,21,35H,13-14H2,1-3H3,(H,29,32)(H,31,36)/t16-,21-/m1/s1. The Balaban J connectivity index is 1.30. The van der Waals surface area contributed by atoms with Crippen molar-refractivity contribution in [3.05, 3.63) is 81.4 Å². The Morgan fingerprint density at radius 2 is 2.05 bits per heavy atom. The number of aryl methyl sites for hydroxylation is 2. The lowest BCUT2D eigenvalue weighted by Crippen LogP contribution is -2.46. The number of benzene rings is 1. The first-order chi connectivity index (χ1) is 18.2. The molecule has 4 aromatic rings. The van der Waals surface area contributed by atoms with Crippen LogP contribution in [0.1, 0.15) is 39.3 Å². The number of thiophene rings is 1. The lowest BCUT2D eigenvalue weighted by molar-refractivity contribution is -0.126. The minimum Gasteiger partial charge on any atom is -0.394 e. The van der Waals surface area contributed by atoms with Crippen LogP contribution < -0.4 is 10.6 Å². The van der Waals surface area contributed by atoms with Gasteiger partial charge in [0.05, 0.1) is 31.0 Å². The lowest BCUT2D eigenvalue weighted by atomic mass is 10.1. The largest absolute Gasteiger partial charge is 0.394 e. The summed E-state index contributed by atoms with van der Waals surface area (Å²) in [6.45, 7) is 3.74. The van der Waals surface area contributed by atoms with Crippen LogP contribution in [0.2, 0.25) is 5.02 Å². The number of aliphatic hydroxyl groups is 1. The van der Waals surface area contributed by atoms with Gasteiger partial charge in [0.1, 0.15) is 17.7 Å². The molecular weight excluding hydrogens is 524 g/mol. The van der Waals surface area contributed by atoms with Crippen LogP contribution in [0.4, 0.5) is 11.6 Å². The molecule has 1 aromatic carbocycles. The molecule has 0 aliphatic carbocycles. The SMILES string of the molecule is Cc1cnc(Nc2ccnn2C)cc1-c1cc2c(s1)CN([C@H](C)C(=O)N[C@H](CO)c1cccc(Cl)c1)C2=O. The first-order valence-corrected chi connectivity index (χ1v) is 13.3. The number of nitrogens with one attached hydrogen (secondary N) is 2. The number of aliphatic hydroxyl groups excluding tert-OH is 1. The van der Waals surface area contributed by atoms with Crippen LogP contribution in [0.25, 0.3) is 10.4 Å². The number of rotatable bonds is 8. The van der Waals surface area contributed by atoms with E-state index in [0.717, 1.165) is 26.7 Å². The van der Waals surface area contributed by atoms with Crippen molar-refractivity contribution in [1.82, 2.24) is 25.0 Å². The van der Waals surface area contributed by atoms with E-state index in [1.165, 1.54) is 0 Å². The molecular formula is C27H27ClN6O3S. The van der Waals surface area contributed by atoms with E-state index < -0.39 is 12.1 Å². The Hall–Kier alpha value is -3.73. The molecule has 0 radical (unpaired) electrons. The van der Waals surface area contributed by atoms with Crippen LogP contribution in [0.5, 0.6) is 0 Å². The van der Waals surface area contributed by atoms with E-state index in [4.69, 9.17) is 11.6 Å². The molecule has 0 saturated heterocycles. The van der Waals surface area contributed by atoms with Gasteiger partial charge in [-0.1, -0.05) is 23.7 Å². The summed E-state index contributed by atoms with van der Waals surface area (Å²) in [5.41, 5.74) is 3.28. The van der Waals surface area contributed by atoms with Crippen LogP contribution in [-0.2, 0) is 18.4 Å². The smallest absolute Gasteiger partial charge is 0.256 e. The van der Waals surface area contributed by atoms with Gasteiger partial charge in [0.25, 0.3) is 5.91 Å². The number of hydrogen-bond acceptors (Lipinski definition) is 7. The van der Waals surface area contributed by atoms with Gasteiger partial charge in [0.2, 0.25) is 5.91 Å². The molecule has 11 heteroatoms. The number of carbonyl (C=O) groups is 2. The summed E-state index contributed by atoms with van der Waals surface area (Å²) in [6, 6.07) is 11.4. The van der Waals surface area contributed by atoms with Crippen molar-refractivity contribution < 1.29 is 14.7 Å². The van der Waals surface area contributed by atoms with Crippen molar-refractivity contribution in [3.63, 3.8) is 0 Å². The number of nitrogens with zero attached hydrogens (tertiary/aromatic N) is 4. The Bertz CT molecular complexity index is 1520. The first kappa shape index (κ1) is 25.9. The summed E-state index contributed by atoms with van der Waals surface area (Å²) in [5, 5.41) is 20.6. The van der Waals surface area contributed by atoms with Crippen molar-refractivity contribution >= 4 is 46.4 Å². The molecule has 0 fully saturated rings. The van der Waals surface area contributed by atoms with Gasteiger partial charge in [-0.15, -0.1) is 11.3 Å². The van der Waals surface area contributed by atoms with Gasteiger partial charge in [-0.25, -0.2) is 4.98 Å². The molecule has 196 valence electrons. The highest BCUT2D eigenvalue weighted by atomic mass is 35.5. The summed E-state index contributed by atoms with van der Waals surface area (Å²) < 4.78 is 1.73. The molecule has 0 saturated carbocycles. The van der Waals surface area contributed by atoms with E-state index in [0.29, 0.717) is 28.5 Å². The molecule has 9 nitrogen and oxygen atoms in total. The Labute approximate surface area is 229 Å². The Morgan fingerprint density at radius 3 is 2.74 bits per heavy atom. The van der Waals surface area contributed by atoms with Crippen molar-refractivity contribution in [2.75, 3.05) is 11.9 Å². The molecule has 0 unspecified atom stereocenters. The summed E-state index contributed by atoms with van der Waals surface area (Å²) in [6.07, 6.45) is 3.51. The van der Waals surface area contributed by atoms with E-state index >= 15 is 0 Å². The number of aromatic nitrogens is 3. The predicted octanol–water partition coefficient (Wildman–Crippen LogP) is 4.44. The maximum atomic E-state index is 13.3. The maximum Gasteiger partial charge on any atom is 0.256 e. The second kappa shape index (κ2) is 10.6. The summed E-state index contributed by atoms with van der Waals surface area (Å²) in [7, 11) is 1.85. The zero-order valence-corrected chi connectivity index (χ0v) is 22.7. The van der Waals surface area contributed by atoms with Gasteiger partial charge in [0.15, 0.2) is 0 Å². The fourth-order valence-electron chi connectivity index (χ4n) is 4.43. The molecule has 3 N–H and O–H groups in total. The van der Waals surface area contributed by atoms with Crippen molar-refractivity contribution in [2.45, 2.75) is 32.5 Å². The normalized spacial score (nSPS) is 14.3. The number of halogens is 1. The molecule has 0 spiro atoms. The molecule has 3 aromatic heterocycles. The second-order valence-corrected chi connectivity index (χ2v) is 10.8. The average Bonchev–Trinajstić information content (AvgIpc) is 3.59. The highest BCUT2D eigenvalue weighted by Crippen LogP contribution is 2.39. The third-order valence-corrected chi connectivity index (χ3v) is 8.05. The lowest BCUT2D eigenvalue weighted by Gasteiger charge is -2.26. The van der Waals surface area contributed by atoms with E-state index in [1.54, 1.807) is 64.5 Å². The van der Waals surface area contributed by atoms with E-state index in [2.05, 4.69) is 20.7 Å². The van der Waals surface area contributed by atoms with Gasteiger partial charge in [-0.2, -0.15) is 5.10 Å². The zero-order valence-electron chi connectivity index (χ0n) is 21.1. The van der Waals surface area contributed by atoms with E-state index in [9.17, 15) is 14.7 Å². The molecule has 38 heavy (non-hydrogen) atoms. The maximum absolute atomic E-state index is 13.3. The van der Waals surface area contributed by atoms with Gasteiger partial charge >= 0.3 is 0 Å². The van der Waals surface area contributed by atoms with Crippen LogP contribution >= 0.6 is 22.9 Å². The monoisotopic (exact) mass is 550 g/mol. The average molecular weight is 551 g/mol. The molecule has 2 atom stereocenters. The molecule has 5 rings (SSSR count). The third-order valence-electron chi connectivity index (χ3n) is 6.66. The number of amides is 2. The number of anilines is 2. The molecule has 4 heterocycles. The van der Waals surface area contributed by atoms with Crippen molar-refractivity contribution in [3.8, 4) is 10.4 Å². The number of carbonyl (C=O) groups excluding carboxylic acids is 2. The molecule has 1 aliphatic heterocycles. The zero-order chi connectivity index (χ0) is 27.0. The van der Waals surface area contributed by atoms with E-state index in [1.807, 2.05) is 32.2 Å². The van der Waals surface area contributed by atoms with Crippen LogP contribution in [-0.4, -0.2) is 49.2 Å². The van der Waals surface area contributed by atoms with Crippen molar-refractivity contribution in [1.29, 1.82) is 0 Å². The Kier molecular flexibility index (Phi) is 7.20. The van der Waals surface area contributed by atoms with Gasteiger partial charge in [-0.05, 0) is 54.8 Å². The van der Waals surface area contributed by atoms with E-state index in [-0.39, 0.29) is 18.4 Å². The summed E-state index contributed by atoms with van der Waals surface area (Å²) in [5.74, 6) is 0.967. The second-order valence-electron chi connectivity index (χ2n) is 9.20. The minimum atomic E-state index is -0.712. The van der Waals surface area contributed by atoms with Gasteiger partial charge < -0.3 is 20.6 Å². The number of pyridine rings is 1. The first-order valence-electron chi connectivity index (χ1n) is 12.1. The van der Waals surface area contributed by atoms with Gasteiger partial charge in [0, 0.05) is 34.1 Å². The molecule has 0 bridgehead atoms. The predicted molar refractivity (Wildman–Crippen MR) is 148 cm³/mol. The summed E-state index contributed by atoms with van der Waals surface area (Å²) >= 11 is 7.60.